The first-order valence-corrected chi connectivity index (χ1v) is 15.0. The molecule has 0 spiro atoms. The van der Waals surface area contributed by atoms with Crippen molar-refractivity contribution in [3.8, 4) is 0 Å². The number of fused-ring (bicyclic) bond motifs is 4. The van der Waals surface area contributed by atoms with Gasteiger partial charge in [0.25, 0.3) is 5.91 Å². The lowest BCUT2D eigenvalue weighted by Crippen LogP contribution is -2.28. The topological polar surface area (TPSA) is 103 Å². The fraction of sp³-hybridized carbons (Fsp3) is 0.242. The molecule has 0 radical (unpaired) electrons. The molecule has 218 valence electrons. The van der Waals surface area contributed by atoms with Crippen molar-refractivity contribution in [3.05, 3.63) is 89.8 Å². The van der Waals surface area contributed by atoms with Gasteiger partial charge in [0.15, 0.2) is 5.78 Å². The smallest absolute Gasteiger partial charge is 0.258 e. The van der Waals surface area contributed by atoms with Crippen LogP contribution in [0.4, 0.5) is 22.2 Å². The quantitative estimate of drug-likeness (QED) is 0.0767. The van der Waals surface area contributed by atoms with E-state index in [0.29, 0.717) is 29.5 Å². The largest absolute Gasteiger partial charge is 0.499 e. The first-order valence-electron chi connectivity index (χ1n) is 14.2. The number of nitrogens with zero attached hydrogens (tertiary/aromatic N) is 5. The van der Waals surface area contributed by atoms with Gasteiger partial charge >= 0.3 is 0 Å². The van der Waals surface area contributed by atoms with E-state index >= 15 is 0 Å². The molecule has 0 atom stereocenters. The van der Waals surface area contributed by atoms with Crippen molar-refractivity contribution in [2.24, 2.45) is 10.2 Å². The van der Waals surface area contributed by atoms with Gasteiger partial charge in [0, 0.05) is 54.9 Å². The number of carbonyl (C=O) groups excluding carboxylic acids is 2. The Bertz CT molecular complexity index is 1890. The van der Waals surface area contributed by atoms with Gasteiger partial charge in [0.05, 0.1) is 34.0 Å². The van der Waals surface area contributed by atoms with Crippen LogP contribution in [0.1, 0.15) is 46.7 Å². The van der Waals surface area contributed by atoms with E-state index in [-0.39, 0.29) is 11.7 Å². The van der Waals surface area contributed by atoms with E-state index in [4.69, 9.17) is 4.74 Å². The summed E-state index contributed by atoms with van der Waals surface area (Å²) >= 11 is 1.40. The highest BCUT2D eigenvalue weighted by Gasteiger charge is 2.28. The highest BCUT2D eigenvalue weighted by atomic mass is 32.1. The molecule has 0 bridgehead atoms. The number of anilines is 2. The summed E-state index contributed by atoms with van der Waals surface area (Å²) < 4.78 is 6.31. The highest BCUT2D eigenvalue weighted by Crippen LogP contribution is 2.37. The number of Topliss-reactive ketones (excluding diaryl/α,β-unsaturated/α-hetero) is 1. The van der Waals surface area contributed by atoms with E-state index < -0.39 is 0 Å². The molecule has 1 N–H and O–H groups in total. The number of aromatic nitrogens is 2. The van der Waals surface area contributed by atoms with Crippen molar-refractivity contribution < 1.29 is 14.3 Å². The normalized spacial score (nSPS) is 12.8. The van der Waals surface area contributed by atoms with Crippen LogP contribution in [0.15, 0.2) is 83.2 Å². The molecule has 5 aromatic rings. The van der Waals surface area contributed by atoms with E-state index in [1.165, 1.54) is 11.3 Å². The number of nitrogens with one attached hydrogen (secondary N) is 1. The number of allylic oxidation sites excluding steroid dienone is 1. The van der Waals surface area contributed by atoms with Gasteiger partial charge in [-0.05, 0) is 86.0 Å². The molecule has 0 saturated carbocycles. The number of hydrogen-bond acceptors (Lipinski definition) is 8. The van der Waals surface area contributed by atoms with Gasteiger partial charge in [0.1, 0.15) is 0 Å². The summed E-state index contributed by atoms with van der Waals surface area (Å²) in [6.45, 7) is 9.26. The molecule has 0 aliphatic carbocycles. The molecule has 1 amide bonds. The molecule has 9 nitrogen and oxygen atoms in total. The minimum absolute atomic E-state index is 0.00860. The second-order valence-electron chi connectivity index (χ2n) is 10.7. The van der Waals surface area contributed by atoms with Crippen molar-refractivity contribution in [3.63, 3.8) is 0 Å². The Kier molecular flexibility index (Phi) is 7.77. The number of ketones is 1. The van der Waals surface area contributed by atoms with Gasteiger partial charge in [0.2, 0.25) is 5.13 Å². The first kappa shape index (κ1) is 28.3. The van der Waals surface area contributed by atoms with Crippen LogP contribution in [0.25, 0.3) is 21.1 Å². The number of thiazole rings is 1. The molecule has 0 saturated heterocycles. The third-order valence-electron chi connectivity index (χ3n) is 7.54. The zero-order valence-corrected chi connectivity index (χ0v) is 25.2. The highest BCUT2D eigenvalue weighted by molar-refractivity contribution is 7.21. The van der Waals surface area contributed by atoms with Gasteiger partial charge in [-0.2, -0.15) is 0 Å². The van der Waals surface area contributed by atoms with Gasteiger partial charge in [-0.25, -0.2) is 4.98 Å². The Morgan fingerprint density at radius 1 is 1.09 bits per heavy atom. The number of amides is 1. The van der Waals surface area contributed by atoms with Crippen molar-refractivity contribution in [1.82, 2.24) is 9.97 Å². The summed E-state index contributed by atoms with van der Waals surface area (Å²) in [6, 6.07) is 19.2. The Labute approximate surface area is 253 Å². The molecule has 1 aliphatic heterocycles. The van der Waals surface area contributed by atoms with E-state index in [9.17, 15) is 9.59 Å². The van der Waals surface area contributed by atoms with Crippen LogP contribution in [0, 0.1) is 0 Å². The van der Waals surface area contributed by atoms with Crippen molar-refractivity contribution in [2.45, 2.75) is 26.7 Å². The fourth-order valence-corrected chi connectivity index (χ4v) is 6.13. The standard InChI is InChI=1S/C33H32N6O3S/c1-20(2)42-17-5-15-38(4)24-9-7-23(8-10-24)36-37-33-35-28-11-6-22(18-31(28)43-33)32(41)39-16-14-25-26-19-29(21(3)40)34-27(26)12-13-30(25)39/h6-13,18-19,34H,1,5,14-17H2,2-4H3. The summed E-state index contributed by atoms with van der Waals surface area (Å²) in [6.07, 6.45) is 1.64. The molecule has 43 heavy (non-hydrogen) atoms. The molecule has 2 aromatic heterocycles. The minimum Gasteiger partial charge on any atom is -0.499 e. The van der Waals surface area contributed by atoms with Crippen LogP contribution < -0.4 is 9.80 Å². The summed E-state index contributed by atoms with van der Waals surface area (Å²) in [5, 5.41) is 10.3. The van der Waals surface area contributed by atoms with Crippen molar-refractivity contribution in [2.75, 3.05) is 36.5 Å². The Hall–Kier alpha value is -4.83. The molecule has 3 heterocycles. The molecule has 1 aliphatic rings. The number of H-pyrrole nitrogens is 1. The Morgan fingerprint density at radius 2 is 1.91 bits per heavy atom. The summed E-state index contributed by atoms with van der Waals surface area (Å²) in [7, 11) is 2.05. The molecule has 0 unspecified atom stereocenters. The predicted octanol–water partition coefficient (Wildman–Crippen LogP) is 7.98. The van der Waals surface area contributed by atoms with Crippen LogP contribution in [0.3, 0.4) is 0 Å². The lowest BCUT2D eigenvalue weighted by molar-refractivity contribution is 0.0986. The van der Waals surface area contributed by atoms with Crippen LogP contribution >= 0.6 is 11.3 Å². The zero-order chi connectivity index (χ0) is 30.1. The van der Waals surface area contributed by atoms with Gasteiger partial charge in [-0.15, -0.1) is 10.2 Å². The molecule has 10 heteroatoms. The molecule has 3 aromatic carbocycles. The summed E-state index contributed by atoms with van der Waals surface area (Å²) in [4.78, 5) is 37.2. The zero-order valence-electron chi connectivity index (χ0n) is 24.4. The summed E-state index contributed by atoms with van der Waals surface area (Å²) in [5.41, 5.74) is 6.66. The molecular weight excluding hydrogens is 560 g/mol. The van der Waals surface area contributed by atoms with Gasteiger partial charge in [-0.3, -0.25) is 9.59 Å². The maximum absolute atomic E-state index is 13.6. The van der Waals surface area contributed by atoms with Crippen molar-refractivity contribution >= 4 is 66.3 Å². The number of azo groups is 1. The first-order chi connectivity index (χ1) is 20.8. The van der Waals surface area contributed by atoms with E-state index in [0.717, 1.165) is 68.9 Å². The van der Waals surface area contributed by atoms with Gasteiger partial charge < -0.3 is 19.5 Å². The second-order valence-corrected chi connectivity index (χ2v) is 11.7. The average molecular weight is 593 g/mol. The SMILES string of the molecule is C=C(C)OCCCN(C)c1ccc(N=Nc2nc3ccc(C(=O)N4CCc5c4ccc4[nH]c(C(C)=O)cc54)cc3s2)cc1. The Balaban J connectivity index is 1.13. The van der Waals surface area contributed by atoms with Crippen LogP contribution in [-0.2, 0) is 11.2 Å². The maximum Gasteiger partial charge on any atom is 0.258 e. The minimum atomic E-state index is -0.0627. The van der Waals surface area contributed by atoms with E-state index in [1.54, 1.807) is 6.92 Å². The summed E-state index contributed by atoms with van der Waals surface area (Å²) in [5.74, 6) is 0.663. The number of rotatable bonds is 10. The maximum atomic E-state index is 13.6. The molecule has 0 fully saturated rings. The van der Waals surface area contributed by atoms with Crippen LogP contribution in [-0.4, -0.2) is 48.4 Å². The van der Waals surface area contributed by atoms with Crippen LogP contribution in [0.5, 0.6) is 0 Å². The Morgan fingerprint density at radius 3 is 2.67 bits per heavy atom. The number of hydrogen-bond donors (Lipinski definition) is 1. The van der Waals surface area contributed by atoms with E-state index in [2.05, 4.69) is 31.7 Å². The number of carbonyl (C=O) groups is 2. The van der Waals surface area contributed by atoms with Crippen molar-refractivity contribution in [1.29, 1.82) is 0 Å². The second kappa shape index (κ2) is 11.8. The number of ether oxygens (including phenoxy) is 1. The monoisotopic (exact) mass is 592 g/mol. The molecule has 6 rings (SSSR count). The average Bonchev–Trinajstić information content (AvgIpc) is 3.73. The number of aromatic amines is 1. The fourth-order valence-electron chi connectivity index (χ4n) is 5.31. The van der Waals surface area contributed by atoms with E-state index in [1.807, 2.05) is 79.5 Å². The lowest BCUT2D eigenvalue weighted by Gasteiger charge is -2.19. The lowest BCUT2D eigenvalue weighted by atomic mass is 10.1. The third-order valence-corrected chi connectivity index (χ3v) is 8.45. The van der Waals surface area contributed by atoms with Gasteiger partial charge in [-0.1, -0.05) is 17.9 Å². The number of benzene rings is 3. The third kappa shape index (κ3) is 5.91. The van der Waals surface area contributed by atoms with Crippen LogP contribution in [0.2, 0.25) is 0 Å². The molecular formula is C33H32N6O3S. The predicted molar refractivity (Wildman–Crippen MR) is 173 cm³/mol.